The molecule has 1 atom stereocenters. The molecule has 2 heterocycles. The lowest BCUT2D eigenvalue weighted by atomic mass is 10.2. The highest BCUT2D eigenvalue weighted by molar-refractivity contribution is 7.98. The van der Waals surface area contributed by atoms with E-state index in [4.69, 9.17) is 4.98 Å². The number of piperazine rings is 1. The third-order valence-corrected chi connectivity index (χ3v) is 4.61. The summed E-state index contributed by atoms with van der Waals surface area (Å²) >= 11 is 1.77. The summed E-state index contributed by atoms with van der Waals surface area (Å²) in [5.41, 5.74) is 0. The zero-order valence-electron chi connectivity index (χ0n) is 12.2. The Labute approximate surface area is 130 Å². The van der Waals surface area contributed by atoms with E-state index in [1.54, 1.807) is 11.8 Å². The number of anilines is 1. The zero-order chi connectivity index (χ0) is 14.5. The molecule has 5 heteroatoms. The van der Waals surface area contributed by atoms with Gasteiger partial charge in [0.2, 0.25) is 0 Å². The maximum atomic E-state index is 4.73. The van der Waals surface area contributed by atoms with Crippen molar-refractivity contribution in [2.75, 3.05) is 24.5 Å². The van der Waals surface area contributed by atoms with Crippen LogP contribution in [0.3, 0.4) is 0 Å². The molecule has 110 valence electrons. The molecule has 1 aromatic heterocycles. The summed E-state index contributed by atoms with van der Waals surface area (Å²) in [4.78, 5) is 12.7. The van der Waals surface area contributed by atoms with Crippen LogP contribution in [0, 0.1) is 0 Å². The Morgan fingerprint density at radius 1 is 1.29 bits per heavy atom. The van der Waals surface area contributed by atoms with Crippen LogP contribution in [-0.2, 0) is 5.75 Å². The number of nitrogens with one attached hydrogen (secondary N) is 1. The smallest absolute Gasteiger partial charge is 0.140 e. The Morgan fingerprint density at radius 3 is 2.95 bits per heavy atom. The van der Waals surface area contributed by atoms with Crippen molar-refractivity contribution in [2.24, 2.45) is 0 Å². The second kappa shape index (κ2) is 6.91. The van der Waals surface area contributed by atoms with Gasteiger partial charge < -0.3 is 10.2 Å². The molecule has 1 fully saturated rings. The van der Waals surface area contributed by atoms with Gasteiger partial charge in [-0.25, -0.2) is 9.97 Å². The molecule has 0 bridgehead atoms. The average Bonchev–Trinajstić information content (AvgIpc) is 2.55. The van der Waals surface area contributed by atoms with E-state index in [1.165, 1.54) is 4.90 Å². The zero-order valence-corrected chi connectivity index (χ0v) is 13.0. The van der Waals surface area contributed by atoms with Gasteiger partial charge in [0.25, 0.3) is 0 Å². The summed E-state index contributed by atoms with van der Waals surface area (Å²) in [6.45, 7) is 5.26. The van der Waals surface area contributed by atoms with Crippen LogP contribution >= 0.6 is 11.8 Å². The number of benzene rings is 1. The van der Waals surface area contributed by atoms with Gasteiger partial charge >= 0.3 is 0 Å². The maximum absolute atomic E-state index is 4.73. The molecule has 1 saturated heterocycles. The highest BCUT2D eigenvalue weighted by Crippen LogP contribution is 2.22. The molecule has 0 radical (unpaired) electrons. The molecular weight excluding hydrogens is 280 g/mol. The Bertz CT molecular complexity index is 575. The highest BCUT2D eigenvalue weighted by atomic mass is 32.2. The van der Waals surface area contributed by atoms with Gasteiger partial charge in [0, 0.05) is 36.8 Å². The van der Waals surface area contributed by atoms with Crippen LogP contribution in [0.5, 0.6) is 0 Å². The van der Waals surface area contributed by atoms with Gasteiger partial charge in [0.15, 0.2) is 0 Å². The minimum Gasteiger partial charge on any atom is -0.351 e. The predicted octanol–water partition coefficient (Wildman–Crippen LogP) is 2.57. The Balaban J connectivity index is 1.68. The van der Waals surface area contributed by atoms with Crippen LogP contribution in [0.1, 0.15) is 12.7 Å². The van der Waals surface area contributed by atoms with E-state index >= 15 is 0 Å². The van der Waals surface area contributed by atoms with E-state index in [0.717, 1.165) is 37.0 Å². The van der Waals surface area contributed by atoms with Crippen molar-refractivity contribution in [3.05, 3.63) is 48.4 Å². The molecule has 0 aliphatic carbocycles. The summed E-state index contributed by atoms with van der Waals surface area (Å²) in [6.07, 6.45) is 1.87. The quantitative estimate of drug-likeness (QED) is 0.879. The van der Waals surface area contributed by atoms with Crippen LogP contribution in [0.2, 0.25) is 0 Å². The maximum Gasteiger partial charge on any atom is 0.140 e. The minimum absolute atomic E-state index is 0.475. The van der Waals surface area contributed by atoms with Crippen LogP contribution < -0.4 is 10.2 Å². The minimum atomic E-state index is 0.475. The molecule has 3 rings (SSSR count). The lowest BCUT2D eigenvalue weighted by Gasteiger charge is -2.34. The van der Waals surface area contributed by atoms with Crippen molar-refractivity contribution in [1.82, 2.24) is 15.3 Å². The standard InChI is InChI=1S/C16H20N4S/c1-13-11-17-9-10-20(13)16-7-8-18-15(19-16)12-21-14-5-3-2-4-6-14/h2-8,13,17H,9-12H2,1H3/t13-/m0/s1. The van der Waals surface area contributed by atoms with E-state index in [0.29, 0.717) is 6.04 Å². The van der Waals surface area contributed by atoms with Crippen LogP contribution in [0.4, 0.5) is 5.82 Å². The molecule has 1 N–H and O–H groups in total. The summed E-state index contributed by atoms with van der Waals surface area (Å²) in [7, 11) is 0. The fraction of sp³-hybridized carbons (Fsp3) is 0.375. The highest BCUT2D eigenvalue weighted by Gasteiger charge is 2.19. The number of hydrogen-bond donors (Lipinski definition) is 1. The van der Waals surface area contributed by atoms with Crippen molar-refractivity contribution in [3.63, 3.8) is 0 Å². The first-order valence-corrected chi connectivity index (χ1v) is 8.28. The van der Waals surface area contributed by atoms with Crippen LogP contribution in [-0.4, -0.2) is 35.6 Å². The van der Waals surface area contributed by atoms with E-state index in [2.05, 4.69) is 46.4 Å². The van der Waals surface area contributed by atoms with Crippen molar-refractivity contribution >= 4 is 17.6 Å². The van der Waals surface area contributed by atoms with Gasteiger partial charge in [-0.1, -0.05) is 18.2 Å². The molecule has 21 heavy (non-hydrogen) atoms. The van der Waals surface area contributed by atoms with E-state index in [9.17, 15) is 0 Å². The van der Waals surface area contributed by atoms with Crippen molar-refractivity contribution < 1.29 is 0 Å². The molecule has 0 saturated carbocycles. The van der Waals surface area contributed by atoms with Gasteiger partial charge in [-0.15, -0.1) is 11.8 Å². The summed E-state index contributed by atoms with van der Waals surface area (Å²) in [5, 5.41) is 3.41. The Kier molecular flexibility index (Phi) is 4.72. The van der Waals surface area contributed by atoms with Crippen LogP contribution in [0.25, 0.3) is 0 Å². The third kappa shape index (κ3) is 3.74. The molecule has 0 unspecified atom stereocenters. The molecular formula is C16H20N4S. The molecule has 0 amide bonds. The topological polar surface area (TPSA) is 41.0 Å². The lowest BCUT2D eigenvalue weighted by Crippen LogP contribution is -2.50. The van der Waals surface area contributed by atoms with Gasteiger partial charge in [-0.05, 0) is 25.1 Å². The molecule has 1 aromatic carbocycles. The Morgan fingerprint density at radius 2 is 2.14 bits per heavy atom. The molecule has 0 spiro atoms. The number of hydrogen-bond acceptors (Lipinski definition) is 5. The van der Waals surface area contributed by atoms with Gasteiger partial charge in [0.1, 0.15) is 11.6 Å². The monoisotopic (exact) mass is 300 g/mol. The SMILES string of the molecule is C[C@H]1CNCCN1c1ccnc(CSc2ccccc2)n1. The fourth-order valence-corrected chi connectivity index (χ4v) is 3.25. The molecule has 2 aromatic rings. The van der Waals surface area contributed by atoms with E-state index < -0.39 is 0 Å². The van der Waals surface area contributed by atoms with E-state index in [-0.39, 0.29) is 0 Å². The summed E-state index contributed by atoms with van der Waals surface area (Å²) in [6, 6.07) is 12.9. The number of rotatable bonds is 4. The van der Waals surface area contributed by atoms with Crippen molar-refractivity contribution in [2.45, 2.75) is 23.6 Å². The van der Waals surface area contributed by atoms with Gasteiger partial charge in [-0.2, -0.15) is 0 Å². The first kappa shape index (κ1) is 14.4. The summed E-state index contributed by atoms with van der Waals surface area (Å²) in [5.74, 6) is 2.74. The van der Waals surface area contributed by atoms with Gasteiger partial charge in [0.05, 0.1) is 5.75 Å². The second-order valence-electron chi connectivity index (χ2n) is 5.18. The largest absolute Gasteiger partial charge is 0.351 e. The predicted molar refractivity (Wildman–Crippen MR) is 87.7 cm³/mol. The number of aromatic nitrogens is 2. The third-order valence-electron chi connectivity index (χ3n) is 3.60. The van der Waals surface area contributed by atoms with E-state index in [1.807, 2.05) is 18.3 Å². The van der Waals surface area contributed by atoms with Crippen molar-refractivity contribution in [3.8, 4) is 0 Å². The second-order valence-corrected chi connectivity index (χ2v) is 6.23. The van der Waals surface area contributed by atoms with Crippen molar-refractivity contribution in [1.29, 1.82) is 0 Å². The van der Waals surface area contributed by atoms with Crippen LogP contribution in [0.15, 0.2) is 47.5 Å². The lowest BCUT2D eigenvalue weighted by molar-refractivity contribution is 0.496. The Hall–Kier alpha value is -1.59. The number of nitrogens with zero attached hydrogens (tertiary/aromatic N) is 3. The first-order chi connectivity index (χ1) is 10.3. The summed E-state index contributed by atoms with van der Waals surface area (Å²) < 4.78 is 0. The number of thioether (sulfide) groups is 1. The normalized spacial score (nSPS) is 18.7. The molecule has 1 aliphatic rings. The fourth-order valence-electron chi connectivity index (χ4n) is 2.46. The first-order valence-electron chi connectivity index (χ1n) is 7.30. The average molecular weight is 300 g/mol. The molecule has 1 aliphatic heterocycles. The van der Waals surface area contributed by atoms with Gasteiger partial charge in [-0.3, -0.25) is 0 Å². The molecule has 4 nitrogen and oxygen atoms in total.